The van der Waals surface area contributed by atoms with E-state index in [1.807, 2.05) is 30.3 Å². The predicted molar refractivity (Wildman–Crippen MR) is 81.1 cm³/mol. The maximum atomic E-state index is 6.29. The fraction of sp³-hybridized carbons (Fsp3) is 0.200. The molecule has 1 unspecified atom stereocenters. The maximum Gasteiger partial charge on any atom is 0.0566 e. The summed E-state index contributed by atoms with van der Waals surface area (Å²) < 4.78 is 1.05. The van der Waals surface area contributed by atoms with Gasteiger partial charge in [-0.25, -0.2) is 0 Å². The zero-order valence-corrected chi connectivity index (χ0v) is 12.7. The van der Waals surface area contributed by atoms with E-state index in [0.717, 1.165) is 20.6 Å². The normalized spacial score (nSPS) is 12.5. The number of halogens is 2. The van der Waals surface area contributed by atoms with E-state index in [1.54, 1.807) is 0 Å². The maximum absolute atomic E-state index is 6.29. The molecule has 0 heterocycles. The summed E-state index contributed by atoms with van der Waals surface area (Å²) in [7, 11) is 0. The third-order valence-electron chi connectivity index (χ3n) is 3.18. The molecule has 94 valence electrons. The second kappa shape index (κ2) is 5.43. The fourth-order valence-electron chi connectivity index (χ4n) is 1.89. The van der Waals surface area contributed by atoms with Crippen molar-refractivity contribution in [1.82, 2.24) is 0 Å². The number of benzene rings is 2. The molecule has 0 amide bonds. The Morgan fingerprint density at radius 2 is 1.61 bits per heavy atom. The number of nitrogens with two attached hydrogens (primary N) is 1. The van der Waals surface area contributed by atoms with Crippen molar-refractivity contribution < 1.29 is 0 Å². The van der Waals surface area contributed by atoms with Gasteiger partial charge in [0.15, 0.2) is 0 Å². The highest BCUT2D eigenvalue weighted by Crippen LogP contribution is 2.29. The van der Waals surface area contributed by atoms with Gasteiger partial charge in [-0.3, -0.25) is 0 Å². The average molecular weight is 325 g/mol. The molecule has 0 aromatic heterocycles. The van der Waals surface area contributed by atoms with Crippen LogP contribution in [-0.2, 0) is 0 Å². The highest BCUT2D eigenvalue weighted by molar-refractivity contribution is 9.10. The van der Waals surface area contributed by atoms with Crippen LogP contribution in [0.1, 0.15) is 28.3 Å². The molecule has 0 aliphatic rings. The van der Waals surface area contributed by atoms with Crippen molar-refractivity contribution in [2.45, 2.75) is 19.9 Å². The van der Waals surface area contributed by atoms with Crippen molar-refractivity contribution in [2.24, 2.45) is 5.73 Å². The quantitative estimate of drug-likeness (QED) is 0.846. The Kier molecular flexibility index (Phi) is 4.10. The monoisotopic (exact) mass is 323 g/mol. The van der Waals surface area contributed by atoms with Crippen LogP contribution in [0.2, 0.25) is 5.02 Å². The van der Waals surface area contributed by atoms with Crippen LogP contribution in [0.15, 0.2) is 40.9 Å². The minimum atomic E-state index is -0.190. The van der Waals surface area contributed by atoms with Crippen LogP contribution in [0, 0.1) is 13.8 Å². The molecule has 0 radical (unpaired) electrons. The van der Waals surface area contributed by atoms with Gasteiger partial charge in [-0.05, 0) is 54.3 Å². The highest BCUT2D eigenvalue weighted by atomic mass is 79.9. The molecule has 0 aliphatic carbocycles. The molecule has 3 heteroatoms. The summed E-state index contributed by atoms with van der Waals surface area (Å²) in [5.41, 5.74) is 10.7. The summed E-state index contributed by atoms with van der Waals surface area (Å²) >= 11 is 9.71. The Hall–Kier alpha value is -0.830. The molecular formula is C15H15BrClN. The van der Waals surface area contributed by atoms with Crippen molar-refractivity contribution in [1.29, 1.82) is 0 Å². The Morgan fingerprint density at radius 1 is 1.06 bits per heavy atom. The molecule has 0 saturated heterocycles. The van der Waals surface area contributed by atoms with Crippen LogP contribution >= 0.6 is 27.5 Å². The lowest BCUT2D eigenvalue weighted by Crippen LogP contribution is -2.12. The lowest BCUT2D eigenvalue weighted by Gasteiger charge is -2.16. The largest absolute Gasteiger partial charge is 0.320 e. The van der Waals surface area contributed by atoms with Crippen molar-refractivity contribution in [3.63, 3.8) is 0 Å². The summed E-state index contributed by atoms with van der Waals surface area (Å²) in [5.74, 6) is 0. The lowest BCUT2D eigenvalue weighted by atomic mass is 9.96. The van der Waals surface area contributed by atoms with Crippen LogP contribution in [-0.4, -0.2) is 0 Å². The minimum Gasteiger partial charge on any atom is -0.320 e. The van der Waals surface area contributed by atoms with E-state index in [4.69, 9.17) is 17.3 Å². The third-order valence-corrected chi connectivity index (χ3v) is 4.03. The molecule has 2 aromatic carbocycles. The van der Waals surface area contributed by atoms with E-state index in [0.29, 0.717) is 0 Å². The zero-order chi connectivity index (χ0) is 13.3. The van der Waals surface area contributed by atoms with Gasteiger partial charge in [-0.2, -0.15) is 0 Å². The molecule has 0 spiro atoms. The van der Waals surface area contributed by atoms with E-state index < -0.39 is 0 Å². The predicted octanol–water partition coefficient (Wildman–Crippen LogP) is 4.77. The molecule has 1 nitrogen and oxygen atoms in total. The SMILES string of the molecule is Cc1cc(Cl)c(C(N)c2ccc(Br)cc2)cc1C. The first-order valence-electron chi connectivity index (χ1n) is 5.76. The number of hydrogen-bond donors (Lipinski definition) is 1. The Morgan fingerprint density at radius 3 is 2.22 bits per heavy atom. The van der Waals surface area contributed by atoms with Gasteiger partial charge in [0, 0.05) is 9.50 Å². The topological polar surface area (TPSA) is 26.0 Å². The second-order valence-corrected chi connectivity index (χ2v) is 5.81. The summed E-state index contributed by atoms with van der Waals surface area (Å²) in [5, 5.41) is 0.730. The molecule has 2 rings (SSSR count). The van der Waals surface area contributed by atoms with E-state index in [-0.39, 0.29) is 6.04 Å². The van der Waals surface area contributed by atoms with Gasteiger partial charge in [0.25, 0.3) is 0 Å². The van der Waals surface area contributed by atoms with Crippen molar-refractivity contribution in [2.75, 3.05) is 0 Å². The molecule has 0 aliphatic heterocycles. The summed E-state index contributed by atoms with van der Waals surface area (Å²) in [4.78, 5) is 0. The summed E-state index contributed by atoms with van der Waals surface area (Å²) in [6.07, 6.45) is 0. The fourth-order valence-corrected chi connectivity index (χ4v) is 2.49. The van der Waals surface area contributed by atoms with Gasteiger partial charge in [0.05, 0.1) is 6.04 Å². The average Bonchev–Trinajstić information content (AvgIpc) is 2.34. The van der Waals surface area contributed by atoms with Gasteiger partial charge in [0.1, 0.15) is 0 Å². The van der Waals surface area contributed by atoms with Crippen LogP contribution in [0.25, 0.3) is 0 Å². The number of hydrogen-bond acceptors (Lipinski definition) is 1. The third kappa shape index (κ3) is 2.77. The van der Waals surface area contributed by atoms with Gasteiger partial charge in [-0.1, -0.05) is 45.7 Å². The van der Waals surface area contributed by atoms with E-state index in [2.05, 4.69) is 35.8 Å². The van der Waals surface area contributed by atoms with Crippen molar-refractivity contribution >= 4 is 27.5 Å². The molecule has 0 fully saturated rings. The van der Waals surface area contributed by atoms with Crippen LogP contribution < -0.4 is 5.73 Å². The summed E-state index contributed by atoms with van der Waals surface area (Å²) in [6.45, 7) is 4.12. The van der Waals surface area contributed by atoms with Crippen molar-refractivity contribution in [3.8, 4) is 0 Å². The first-order chi connectivity index (χ1) is 8.49. The van der Waals surface area contributed by atoms with Crippen molar-refractivity contribution in [3.05, 3.63) is 68.1 Å². The molecule has 0 bridgehead atoms. The Balaban J connectivity index is 2.42. The highest BCUT2D eigenvalue weighted by Gasteiger charge is 2.13. The van der Waals surface area contributed by atoms with E-state index in [9.17, 15) is 0 Å². The van der Waals surface area contributed by atoms with Gasteiger partial charge in [-0.15, -0.1) is 0 Å². The van der Waals surface area contributed by atoms with E-state index >= 15 is 0 Å². The first-order valence-corrected chi connectivity index (χ1v) is 6.94. The molecule has 18 heavy (non-hydrogen) atoms. The lowest BCUT2D eigenvalue weighted by molar-refractivity contribution is 0.868. The molecule has 2 aromatic rings. The van der Waals surface area contributed by atoms with Gasteiger partial charge < -0.3 is 5.73 Å². The van der Waals surface area contributed by atoms with Crippen LogP contribution in [0.3, 0.4) is 0 Å². The number of aryl methyl sites for hydroxylation is 2. The minimum absolute atomic E-state index is 0.190. The standard InChI is InChI=1S/C15H15BrClN/c1-9-7-13(14(17)8-10(9)2)15(18)11-3-5-12(16)6-4-11/h3-8,15H,18H2,1-2H3. The molecule has 2 N–H and O–H groups in total. The molecule has 0 saturated carbocycles. The molecular weight excluding hydrogens is 310 g/mol. The number of rotatable bonds is 2. The first kappa shape index (κ1) is 13.6. The molecule has 1 atom stereocenters. The summed E-state index contributed by atoms with van der Waals surface area (Å²) in [6, 6.07) is 11.9. The Labute approximate surface area is 121 Å². The van der Waals surface area contributed by atoms with Crippen LogP contribution in [0.5, 0.6) is 0 Å². The second-order valence-electron chi connectivity index (χ2n) is 4.49. The van der Waals surface area contributed by atoms with Gasteiger partial charge >= 0.3 is 0 Å². The van der Waals surface area contributed by atoms with Gasteiger partial charge in [0.2, 0.25) is 0 Å². The van der Waals surface area contributed by atoms with Crippen LogP contribution in [0.4, 0.5) is 0 Å². The van der Waals surface area contributed by atoms with E-state index in [1.165, 1.54) is 11.1 Å². The zero-order valence-electron chi connectivity index (χ0n) is 10.4. The smallest absolute Gasteiger partial charge is 0.0566 e. The Bertz CT molecular complexity index is 563.